The van der Waals surface area contributed by atoms with Crippen molar-refractivity contribution in [3.05, 3.63) is 42.6 Å². The minimum Gasteiger partial charge on any atom is -0.384 e. The van der Waals surface area contributed by atoms with Crippen LogP contribution in [0.2, 0.25) is 10.6 Å². The molecule has 0 aromatic heterocycles. The van der Waals surface area contributed by atoms with Gasteiger partial charge in [-0.25, -0.2) is 0 Å². The van der Waals surface area contributed by atoms with Crippen LogP contribution >= 0.6 is 0 Å². The number of rotatable bonds is 7. The third-order valence-corrected chi connectivity index (χ3v) is 6.63. The molecule has 0 saturated heterocycles. The van der Waals surface area contributed by atoms with Crippen molar-refractivity contribution in [1.29, 1.82) is 0 Å². The van der Waals surface area contributed by atoms with E-state index in [1.165, 1.54) is 23.4 Å². The molecule has 0 bridgehead atoms. The van der Waals surface area contributed by atoms with Crippen LogP contribution in [0.25, 0.3) is 0 Å². The van der Waals surface area contributed by atoms with Crippen LogP contribution in [0, 0.1) is 0 Å². The first kappa shape index (κ1) is 14.4. The maximum Gasteiger partial charge on any atom is 0.306 e. The Kier molecular flexibility index (Phi) is 7.09. The molecule has 0 atom stereocenters. The molecule has 0 amide bonds. The lowest BCUT2D eigenvalue weighted by Gasteiger charge is -2.10. The van der Waals surface area contributed by atoms with Crippen LogP contribution in [0.5, 0.6) is 0 Å². The molecule has 1 aromatic rings. The topological polar surface area (TPSA) is 3.24 Å². The summed E-state index contributed by atoms with van der Waals surface area (Å²) in [4.78, 5) is 2.11. The van der Waals surface area contributed by atoms with Gasteiger partial charge in [-0.05, 0) is 12.6 Å². The molecule has 0 aliphatic rings. The van der Waals surface area contributed by atoms with E-state index in [1.807, 2.05) is 0 Å². The summed E-state index contributed by atoms with van der Waals surface area (Å²) in [5, 5.41) is 2.82. The summed E-state index contributed by atoms with van der Waals surface area (Å²) in [5.41, 5.74) is 0. The second kappa shape index (κ2) is 8.39. The zero-order valence-electron chi connectivity index (χ0n) is 11.4. The lowest BCUT2D eigenvalue weighted by molar-refractivity contribution is 0.561. The van der Waals surface area contributed by atoms with Gasteiger partial charge in [-0.1, -0.05) is 60.3 Å². The molecular formula is C15H24AlN. The van der Waals surface area contributed by atoms with Crippen molar-refractivity contribution >= 4 is 18.6 Å². The van der Waals surface area contributed by atoms with E-state index >= 15 is 0 Å². The molecule has 0 fully saturated rings. The minimum atomic E-state index is -0.725. The average molecular weight is 245 g/mol. The van der Waals surface area contributed by atoms with E-state index in [2.05, 4.69) is 68.5 Å². The Morgan fingerprint density at radius 2 is 1.82 bits per heavy atom. The minimum absolute atomic E-state index is 0.725. The van der Waals surface area contributed by atoms with Gasteiger partial charge in [0.2, 0.25) is 0 Å². The maximum atomic E-state index is 2.32. The third kappa shape index (κ3) is 5.96. The molecule has 0 heterocycles. The number of benzene rings is 1. The monoisotopic (exact) mass is 245 g/mol. The summed E-state index contributed by atoms with van der Waals surface area (Å²) in [6, 6.07) is 11.1. The van der Waals surface area contributed by atoms with Crippen LogP contribution in [0.1, 0.15) is 19.8 Å². The largest absolute Gasteiger partial charge is 0.384 e. The van der Waals surface area contributed by atoms with Crippen molar-refractivity contribution in [3.63, 3.8) is 0 Å². The zero-order valence-corrected chi connectivity index (χ0v) is 12.5. The first-order valence-electron chi connectivity index (χ1n) is 6.62. The van der Waals surface area contributed by atoms with Crippen molar-refractivity contribution in [2.24, 2.45) is 0 Å². The summed E-state index contributed by atoms with van der Waals surface area (Å²) >= 11 is -0.725. The first-order valence-corrected chi connectivity index (χ1v) is 8.83. The molecule has 1 nitrogen and oxygen atoms in total. The lowest BCUT2D eigenvalue weighted by Crippen LogP contribution is -2.29. The van der Waals surface area contributed by atoms with Crippen LogP contribution in [0.15, 0.2) is 42.6 Å². The van der Waals surface area contributed by atoms with Crippen LogP contribution in [0.3, 0.4) is 0 Å². The van der Waals surface area contributed by atoms with Crippen LogP contribution in [0.4, 0.5) is 0 Å². The Balaban J connectivity index is 2.49. The predicted octanol–water partition coefficient (Wildman–Crippen LogP) is 3.26. The van der Waals surface area contributed by atoms with Gasteiger partial charge in [0.25, 0.3) is 0 Å². The van der Waals surface area contributed by atoms with Gasteiger partial charge in [-0.3, -0.25) is 0 Å². The smallest absolute Gasteiger partial charge is 0.306 e. The van der Waals surface area contributed by atoms with Crippen molar-refractivity contribution in [1.82, 2.24) is 4.90 Å². The molecule has 1 aromatic carbocycles. The van der Waals surface area contributed by atoms with E-state index in [-0.39, 0.29) is 0 Å². The van der Waals surface area contributed by atoms with Gasteiger partial charge in [-0.15, -0.1) is 4.43 Å². The van der Waals surface area contributed by atoms with Crippen molar-refractivity contribution in [2.45, 2.75) is 30.3 Å². The molecule has 0 radical (unpaired) electrons. The number of hydrogen-bond donors (Lipinski definition) is 0. The molecule has 2 heteroatoms. The summed E-state index contributed by atoms with van der Waals surface area (Å²) in [6.07, 6.45) is 7.02. The van der Waals surface area contributed by atoms with Crippen molar-refractivity contribution in [2.75, 3.05) is 14.1 Å². The number of hydrogen-bond acceptors (Lipinski definition) is 1. The summed E-state index contributed by atoms with van der Waals surface area (Å²) in [6.45, 7) is 2.30. The fourth-order valence-corrected chi connectivity index (χ4v) is 5.15. The highest BCUT2D eigenvalue weighted by Crippen LogP contribution is 2.07. The van der Waals surface area contributed by atoms with E-state index in [9.17, 15) is 0 Å². The van der Waals surface area contributed by atoms with Crippen molar-refractivity contribution < 1.29 is 0 Å². The predicted molar refractivity (Wildman–Crippen MR) is 79.2 cm³/mol. The molecule has 0 saturated carbocycles. The first-order chi connectivity index (χ1) is 8.24. The Hall–Kier alpha value is -0.708. The van der Waals surface area contributed by atoms with Gasteiger partial charge in [-0.2, -0.15) is 0 Å². The Morgan fingerprint density at radius 1 is 1.12 bits per heavy atom. The molecule has 0 N–H and O–H groups in total. The summed E-state index contributed by atoms with van der Waals surface area (Å²) in [7, 11) is 4.16. The molecule has 0 aliphatic heterocycles. The Labute approximate surface area is 111 Å². The zero-order chi connectivity index (χ0) is 12.5. The molecular weight excluding hydrogens is 221 g/mol. The van der Waals surface area contributed by atoms with E-state index in [0.29, 0.717) is 0 Å². The Morgan fingerprint density at radius 3 is 2.41 bits per heavy atom. The maximum absolute atomic E-state index is 2.32. The number of allylic oxidation sites excluding steroid dienone is 1. The highest BCUT2D eigenvalue weighted by atomic mass is 27.2. The molecule has 92 valence electrons. The number of nitrogens with zero attached hydrogens (tertiary/aromatic N) is 1. The normalized spacial score (nSPS) is 10.8. The molecule has 1 rings (SSSR count). The highest BCUT2D eigenvalue weighted by molar-refractivity contribution is 6.73. The fourth-order valence-electron chi connectivity index (χ4n) is 2.13. The van der Waals surface area contributed by atoms with E-state index in [1.54, 1.807) is 4.43 Å². The fraction of sp³-hybridized carbons (Fsp3) is 0.467. The second-order valence-corrected chi connectivity index (χ2v) is 8.04. The van der Waals surface area contributed by atoms with E-state index < -0.39 is 14.1 Å². The van der Waals surface area contributed by atoms with E-state index in [0.717, 1.165) is 0 Å². The lowest BCUT2D eigenvalue weighted by atomic mass is 10.4. The molecule has 0 aliphatic carbocycles. The van der Waals surface area contributed by atoms with E-state index in [4.69, 9.17) is 0 Å². The molecule has 17 heavy (non-hydrogen) atoms. The average Bonchev–Trinajstić information content (AvgIpc) is 2.34. The SMILES string of the molecule is CC[CH2][Al]([CH2]CC=CN(C)C)[c]1ccccc1. The summed E-state index contributed by atoms with van der Waals surface area (Å²) < 4.78 is 1.63. The van der Waals surface area contributed by atoms with Gasteiger partial charge in [0.05, 0.1) is 0 Å². The van der Waals surface area contributed by atoms with Crippen LogP contribution in [-0.2, 0) is 0 Å². The van der Waals surface area contributed by atoms with Crippen molar-refractivity contribution in [3.8, 4) is 0 Å². The van der Waals surface area contributed by atoms with Crippen LogP contribution < -0.4 is 4.43 Å². The summed E-state index contributed by atoms with van der Waals surface area (Å²) in [5.74, 6) is 0. The third-order valence-electron chi connectivity index (χ3n) is 2.99. The van der Waals surface area contributed by atoms with Gasteiger partial charge < -0.3 is 4.90 Å². The Bertz CT molecular complexity index is 319. The quantitative estimate of drug-likeness (QED) is 0.666. The van der Waals surface area contributed by atoms with Gasteiger partial charge in [0.1, 0.15) is 0 Å². The van der Waals surface area contributed by atoms with Gasteiger partial charge in [0, 0.05) is 14.1 Å². The second-order valence-electron chi connectivity index (χ2n) is 4.82. The highest BCUT2D eigenvalue weighted by Gasteiger charge is 2.16. The van der Waals surface area contributed by atoms with Crippen LogP contribution in [-0.4, -0.2) is 33.1 Å². The molecule has 0 spiro atoms. The standard InChI is InChI=1S/C6H12N.C6H5.C3H7.Al/c1-4-5-6-7(2)3;1-2-4-6-5-3-1;1-3-2;/h5-6H,1,4H2,2-3H3;1-5H;1,3H2,2H3;. The van der Waals surface area contributed by atoms with Gasteiger partial charge >= 0.3 is 14.1 Å². The molecule has 0 unspecified atom stereocenters. The van der Waals surface area contributed by atoms with Gasteiger partial charge in [0.15, 0.2) is 0 Å².